The number of nitrogens with one attached hydrogen (secondary N) is 2. The minimum absolute atomic E-state index is 0.105. The molecule has 146 valence electrons. The van der Waals surface area contributed by atoms with Crippen molar-refractivity contribution >= 4 is 5.95 Å². The van der Waals surface area contributed by atoms with Crippen LogP contribution in [0.5, 0.6) is 5.75 Å². The Kier molecular flexibility index (Phi) is 6.84. The van der Waals surface area contributed by atoms with Gasteiger partial charge in [0.2, 0.25) is 5.95 Å². The van der Waals surface area contributed by atoms with Crippen molar-refractivity contribution in [3.63, 3.8) is 0 Å². The van der Waals surface area contributed by atoms with E-state index < -0.39 is 0 Å². The lowest BCUT2D eigenvalue weighted by molar-refractivity contribution is 0.309. The molecular weight excluding hydrogens is 350 g/mol. The van der Waals surface area contributed by atoms with Gasteiger partial charge in [-0.05, 0) is 36.6 Å². The van der Waals surface area contributed by atoms with E-state index in [0.29, 0.717) is 24.5 Å². The van der Waals surface area contributed by atoms with Crippen molar-refractivity contribution in [2.24, 2.45) is 0 Å². The molecule has 3 aromatic rings. The minimum atomic E-state index is -0.105. The molecule has 0 radical (unpaired) electrons. The van der Waals surface area contributed by atoms with E-state index in [1.807, 2.05) is 61.5 Å². The molecule has 1 aromatic heterocycles. The van der Waals surface area contributed by atoms with Crippen molar-refractivity contribution in [2.75, 3.05) is 11.9 Å². The molecule has 0 spiro atoms. The zero-order valence-corrected chi connectivity index (χ0v) is 16.5. The number of aromatic nitrogens is 2. The van der Waals surface area contributed by atoms with E-state index in [0.717, 1.165) is 42.0 Å². The zero-order valence-electron chi connectivity index (χ0n) is 16.5. The first-order chi connectivity index (χ1) is 13.7. The van der Waals surface area contributed by atoms with Crippen LogP contribution in [0, 0.1) is 6.92 Å². The highest BCUT2D eigenvalue weighted by molar-refractivity contribution is 5.35. The number of anilines is 1. The molecule has 0 atom stereocenters. The van der Waals surface area contributed by atoms with Crippen LogP contribution in [-0.4, -0.2) is 16.6 Å². The summed E-state index contributed by atoms with van der Waals surface area (Å²) in [4.78, 5) is 19.9. The average Bonchev–Trinajstić information content (AvgIpc) is 2.71. The Bertz CT molecular complexity index is 934. The van der Waals surface area contributed by atoms with Crippen molar-refractivity contribution in [2.45, 2.75) is 39.7 Å². The average molecular weight is 377 g/mol. The second-order valence-corrected chi connectivity index (χ2v) is 6.84. The molecule has 5 nitrogen and oxygen atoms in total. The number of hydrogen-bond donors (Lipinski definition) is 2. The van der Waals surface area contributed by atoms with Crippen molar-refractivity contribution in [1.82, 2.24) is 9.97 Å². The van der Waals surface area contributed by atoms with Gasteiger partial charge >= 0.3 is 0 Å². The van der Waals surface area contributed by atoms with Gasteiger partial charge in [-0.1, -0.05) is 55.8 Å². The highest BCUT2D eigenvalue weighted by Crippen LogP contribution is 2.16. The van der Waals surface area contributed by atoms with Gasteiger partial charge in [0, 0.05) is 18.5 Å². The lowest BCUT2D eigenvalue weighted by Crippen LogP contribution is -2.19. The van der Waals surface area contributed by atoms with Crippen LogP contribution in [0.4, 0.5) is 5.95 Å². The van der Waals surface area contributed by atoms with Crippen molar-refractivity contribution in [3.05, 3.63) is 87.3 Å². The number of rotatable bonds is 9. The molecule has 0 aliphatic heterocycles. The molecule has 0 saturated heterocycles. The molecule has 2 N–H and O–H groups in total. The van der Waals surface area contributed by atoms with Crippen LogP contribution in [0.2, 0.25) is 0 Å². The van der Waals surface area contributed by atoms with Gasteiger partial charge in [0.05, 0.1) is 12.3 Å². The van der Waals surface area contributed by atoms with Crippen LogP contribution in [0.25, 0.3) is 0 Å². The predicted octanol–water partition coefficient (Wildman–Crippen LogP) is 4.46. The molecule has 0 aliphatic carbocycles. The Labute approximate surface area is 165 Å². The number of aromatic amines is 1. The molecule has 5 heteroatoms. The number of benzene rings is 2. The number of aryl methyl sites for hydroxylation is 1. The van der Waals surface area contributed by atoms with E-state index in [4.69, 9.17) is 4.74 Å². The quantitative estimate of drug-likeness (QED) is 0.540. The first-order valence-electron chi connectivity index (χ1n) is 9.75. The summed E-state index contributed by atoms with van der Waals surface area (Å²) in [6.07, 6.45) is 2.71. The Hall–Kier alpha value is -3.08. The second-order valence-electron chi connectivity index (χ2n) is 6.84. The molecule has 28 heavy (non-hydrogen) atoms. The van der Waals surface area contributed by atoms with E-state index in [-0.39, 0.29) is 5.56 Å². The zero-order chi connectivity index (χ0) is 19.8. The van der Waals surface area contributed by atoms with Crippen molar-refractivity contribution in [1.29, 1.82) is 0 Å². The monoisotopic (exact) mass is 377 g/mol. The summed E-state index contributed by atoms with van der Waals surface area (Å²) in [6.45, 7) is 5.36. The van der Waals surface area contributed by atoms with Crippen LogP contribution in [0.15, 0.2) is 59.4 Å². The summed E-state index contributed by atoms with van der Waals surface area (Å²) in [6, 6.07) is 17.9. The lowest BCUT2D eigenvalue weighted by Gasteiger charge is -2.10. The van der Waals surface area contributed by atoms with E-state index in [2.05, 4.69) is 22.2 Å². The van der Waals surface area contributed by atoms with E-state index in [1.165, 1.54) is 0 Å². The van der Waals surface area contributed by atoms with E-state index in [1.54, 1.807) is 0 Å². The van der Waals surface area contributed by atoms with Gasteiger partial charge in [-0.25, -0.2) is 4.98 Å². The number of H-pyrrole nitrogens is 1. The summed E-state index contributed by atoms with van der Waals surface area (Å²) < 4.78 is 5.69. The van der Waals surface area contributed by atoms with E-state index in [9.17, 15) is 4.79 Å². The summed E-state index contributed by atoms with van der Waals surface area (Å²) in [5.74, 6) is 1.36. The Morgan fingerprint density at radius 3 is 2.46 bits per heavy atom. The molecule has 0 aliphatic rings. The molecule has 1 heterocycles. The van der Waals surface area contributed by atoms with Crippen LogP contribution in [0.1, 0.15) is 42.1 Å². The minimum Gasteiger partial charge on any atom is -0.494 e. The number of unbranched alkanes of at least 4 members (excludes halogenated alkanes) is 1. The number of nitrogens with zero attached hydrogens (tertiary/aromatic N) is 1. The topological polar surface area (TPSA) is 67.0 Å². The van der Waals surface area contributed by atoms with Gasteiger partial charge < -0.3 is 10.1 Å². The van der Waals surface area contributed by atoms with Gasteiger partial charge in [0.25, 0.3) is 5.56 Å². The number of ether oxygens (including phenoxy) is 1. The van der Waals surface area contributed by atoms with Gasteiger partial charge in [-0.2, -0.15) is 0 Å². The maximum absolute atomic E-state index is 12.6. The lowest BCUT2D eigenvalue weighted by atomic mass is 10.1. The smallest absolute Gasteiger partial charge is 0.256 e. The van der Waals surface area contributed by atoms with E-state index >= 15 is 0 Å². The molecule has 3 rings (SSSR count). The Morgan fingerprint density at radius 1 is 1.04 bits per heavy atom. The third-order valence-electron chi connectivity index (χ3n) is 4.60. The summed E-state index contributed by atoms with van der Waals surface area (Å²) in [5.41, 5.74) is 3.51. The van der Waals surface area contributed by atoms with Crippen LogP contribution < -0.4 is 15.6 Å². The van der Waals surface area contributed by atoms with Gasteiger partial charge in [0.1, 0.15) is 5.75 Å². The molecule has 0 fully saturated rings. The Morgan fingerprint density at radius 2 is 1.79 bits per heavy atom. The largest absolute Gasteiger partial charge is 0.494 e. The summed E-state index contributed by atoms with van der Waals surface area (Å²) in [5, 5.41) is 3.18. The van der Waals surface area contributed by atoms with Crippen LogP contribution in [-0.2, 0) is 13.0 Å². The highest BCUT2D eigenvalue weighted by Gasteiger charge is 2.09. The third-order valence-corrected chi connectivity index (χ3v) is 4.60. The molecule has 0 saturated carbocycles. The predicted molar refractivity (Wildman–Crippen MR) is 113 cm³/mol. The standard InChI is InChI=1S/C23H27N3O2/c1-3-4-14-28-20-12-10-18(11-13-20)15-21-17(2)25-23(26-22(21)27)24-16-19-8-6-5-7-9-19/h5-13H,3-4,14-16H2,1-2H3,(H2,24,25,26,27). The SMILES string of the molecule is CCCCOc1ccc(Cc2c(C)nc(NCc3ccccc3)[nH]c2=O)cc1. The number of hydrogen-bond acceptors (Lipinski definition) is 4. The molecule has 0 unspecified atom stereocenters. The molecular formula is C23H27N3O2. The molecule has 2 aromatic carbocycles. The van der Waals surface area contributed by atoms with Crippen molar-refractivity contribution < 1.29 is 4.74 Å². The fraction of sp³-hybridized carbons (Fsp3) is 0.304. The van der Waals surface area contributed by atoms with Gasteiger partial charge in [-0.3, -0.25) is 9.78 Å². The normalized spacial score (nSPS) is 10.6. The fourth-order valence-corrected chi connectivity index (χ4v) is 2.93. The fourth-order valence-electron chi connectivity index (χ4n) is 2.93. The van der Waals surface area contributed by atoms with Crippen LogP contribution >= 0.6 is 0 Å². The molecule has 0 bridgehead atoms. The third kappa shape index (κ3) is 5.46. The maximum Gasteiger partial charge on any atom is 0.256 e. The second kappa shape index (κ2) is 9.74. The summed E-state index contributed by atoms with van der Waals surface area (Å²) >= 11 is 0. The first-order valence-corrected chi connectivity index (χ1v) is 9.75. The Balaban J connectivity index is 1.65. The maximum atomic E-state index is 12.6. The highest BCUT2D eigenvalue weighted by atomic mass is 16.5. The molecule has 0 amide bonds. The van der Waals surface area contributed by atoms with Gasteiger partial charge in [0.15, 0.2) is 0 Å². The summed E-state index contributed by atoms with van der Waals surface area (Å²) in [7, 11) is 0. The van der Waals surface area contributed by atoms with Crippen molar-refractivity contribution in [3.8, 4) is 5.75 Å². The van der Waals surface area contributed by atoms with Crippen LogP contribution in [0.3, 0.4) is 0 Å². The first kappa shape index (κ1) is 19.7. The van der Waals surface area contributed by atoms with Gasteiger partial charge in [-0.15, -0.1) is 0 Å².